The van der Waals surface area contributed by atoms with E-state index in [2.05, 4.69) is 17.2 Å². The highest BCUT2D eigenvalue weighted by Gasteiger charge is 2.26. The monoisotopic (exact) mass is 400 g/mol. The minimum absolute atomic E-state index is 0.0188. The zero-order chi connectivity index (χ0) is 20.5. The van der Waals surface area contributed by atoms with Gasteiger partial charge in [-0.05, 0) is 24.1 Å². The van der Waals surface area contributed by atoms with Gasteiger partial charge in [0.1, 0.15) is 13.2 Å². The molecule has 0 saturated carbocycles. The average Bonchev–Trinajstić information content (AvgIpc) is 3.25. The second kappa shape index (κ2) is 11.0. The molecule has 158 valence electrons. The number of carbonyl (C=O) groups excluding carboxylic acids is 1. The summed E-state index contributed by atoms with van der Waals surface area (Å²) in [6, 6.07) is 5.02. The predicted octanol–water partition coefficient (Wildman–Crippen LogP) is 4.09. The first-order valence-electron chi connectivity index (χ1n) is 10.7. The first-order chi connectivity index (χ1) is 14.2. The van der Waals surface area contributed by atoms with E-state index in [1.165, 1.54) is 12.8 Å². The van der Waals surface area contributed by atoms with Gasteiger partial charge in [0.15, 0.2) is 11.5 Å². The molecule has 0 unspecified atom stereocenters. The van der Waals surface area contributed by atoms with E-state index >= 15 is 0 Å². The number of amides is 1. The van der Waals surface area contributed by atoms with Gasteiger partial charge in [0.25, 0.3) is 0 Å². The molecule has 2 aliphatic heterocycles. The van der Waals surface area contributed by atoms with Gasteiger partial charge in [-0.2, -0.15) is 0 Å². The molecule has 2 atom stereocenters. The van der Waals surface area contributed by atoms with E-state index in [-0.39, 0.29) is 5.91 Å². The van der Waals surface area contributed by atoms with Crippen LogP contribution in [0.15, 0.2) is 35.5 Å². The number of carbonyl (C=O) groups is 1. The zero-order valence-corrected chi connectivity index (χ0v) is 17.2. The summed E-state index contributed by atoms with van der Waals surface area (Å²) < 4.78 is 11.2. The number of hydrogen-bond acceptors (Lipinski definition) is 5. The molecule has 0 saturated heterocycles. The van der Waals surface area contributed by atoms with E-state index in [1.807, 2.05) is 18.2 Å². The van der Waals surface area contributed by atoms with E-state index < -0.39 is 12.1 Å². The van der Waals surface area contributed by atoms with Gasteiger partial charge in [-0.3, -0.25) is 9.79 Å². The van der Waals surface area contributed by atoms with Crippen LogP contribution in [0.25, 0.3) is 0 Å². The highest BCUT2D eigenvalue weighted by atomic mass is 16.6. The number of hydrogen-bond donors (Lipinski definition) is 2. The molecule has 0 spiro atoms. The van der Waals surface area contributed by atoms with Crippen molar-refractivity contribution in [3.8, 4) is 11.5 Å². The number of fused-ring (bicyclic) bond motifs is 1. The summed E-state index contributed by atoms with van der Waals surface area (Å²) in [6.07, 6.45) is 10.2. The van der Waals surface area contributed by atoms with Gasteiger partial charge in [0, 0.05) is 31.2 Å². The Labute approximate surface area is 173 Å². The Morgan fingerprint density at radius 3 is 2.72 bits per heavy atom. The Morgan fingerprint density at radius 1 is 1.17 bits per heavy atom. The molecule has 6 heteroatoms. The number of aliphatic hydroxyl groups is 1. The number of nitrogens with one attached hydrogen (secondary N) is 1. The third-order valence-electron chi connectivity index (χ3n) is 5.31. The smallest absolute Gasteiger partial charge is 0.220 e. The van der Waals surface area contributed by atoms with Crippen molar-refractivity contribution in [1.82, 2.24) is 5.32 Å². The highest BCUT2D eigenvalue weighted by molar-refractivity contribution is 5.89. The lowest BCUT2D eigenvalue weighted by Crippen LogP contribution is -2.40. The van der Waals surface area contributed by atoms with Crippen LogP contribution in [0.1, 0.15) is 70.0 Å². The molecule has 2 N–H and O–H groups in total. The van der Waals surface area contributed by atoms with Crippen LogP contribution in [-0.4, -0.2) is 36.0 Å². The largest absolute Gasteiger partial charge is 0.486 e. The quantitative estimate of drug-likeness (QED) is 0.549. The SMILES string of the molecule is CCCCCCCC(=O)N[C@H](CC1=NC=CC1)[C@H](O)c1ccc2c(c1)OCCO2. The van der Waals surface area contributed by atoms with Crippen LogP contribution in [0.3, 0.4) is 0 Å². The van der Waals surface area contributed by atoms with Gasteiger partial charge >= 0.3 is 0 Å². The van der Waals surface area contributed by atoms with E-state index in [0.717, 1.165) is 31.4 Å². The molecule has 0 aliphatic carbocycles. The molecular formula is C23H32N2O4. The van der Waals surface area contributed by atoms with Crippen molar-refractivity contribution in [2.75, 3.05) is 13.2 Å². The maximum atomic E-state index is 12.5. The van der Waals surface area contributed by atoms with Gasteiger partial charge in [0.05, 0.1) is 12.1 Å². The second-order valence-electron chi connectivity index (χ2n) is 7.67. The van der Waals surface area contributed by atoms with Gasteiger partial charge in [0.2, 0.25) is 5.91 Å². The standard InChI is InChI=1S/C23H32N2O4/c1-2-3-4-5-6-9-22(26)25-19(16-18-8-7-12-24-18)23(27)17-10-11-20-21(15-17)29-14-13-28-20/h7,10-12,15,19,23,27H,2-6,8-9,13-14,16H2,1H3,(H,25,26)/t19-,23-/m1/s1. The topological polar surface area (TPSA) is 80.2 Å². The molecule has 2 aliphatic rings. The summed E-state index contributed by atoms with van der Waals surface area (Å²) in [5.41, 5.74) is 1.67. The maximum absolute atomic E-state index is 12.5. The average molecular weight is 401 g/mol. The highest BCUT2D eigenvalue weighted by Crippen LogP contribution is 2.34. The fraction of sp³-hybridized carbons (Fsp3) is 0.565. The van der Waals surface area contributed by atoms with E-state index in [1.54, 1.807) is 12.3 Å². The van der Waals surface area contributed by atoms with E-state index in [9.17, 15) is 9.90 Å². The summed E-state index contributed by atoms with van der Waals surface area (Å²) in [7, 11) is 0. The van der Waals surface area contributed by atoms with Gasteiger partial charge in [-0.15, -0.1) is 0 Å². The summed E-state index contributed by atoms with van der Waals surface area (Å²) in [5.74, 6) is 1.30. The van der Waals surface area contributed by atoms with Gasteiger partial charge in [-0.1, -0.05) is 44.7 Å². The number of aliphatic imine (C=N–C) groups is 1. The predicted molar refractivity (Wildman–Crippen MR) is 114 cm³/mol. The molecule has 2 heterocycles. The number of unbranched alkanes of at least 4 members (excludes halogenated alkanes) is 4. The molecule has 1 aromatic rings. The van der Waals surface area contributed by atoms with Crippen LogP contribution >= 0.6 is 0 Å². The summed E-state index contributed by atoms with van der Waals surface area (Å²) in [6.45, 7) is 3.20. The number of rotatable bonds is 11. The molecule has 0 aromatic heterocycles. The lowest BCUT2D eigenvalue weighted by atomic mass is 9.96. The molecular weight excluding hydrogens is 368 g/mol. The van der Waals surface area contributed by atoms with Crippen LogP contribution in [-0.2, 0) is 4.79 Å². The fourth-order valence-electron chi connectivity index (χ4n) is 3.68. The molecule has 0 radical (unpaired) electrons. The van der Waals surface area contributed by atoms with Crippen LogP contribution in [0.2, 0.25) is 0 Å². The van der Waals surface area contributed by atoms with Crippen molar-refractivity contribution < 1.29 is 19.4 Å². The van der Waals surface area contributed by atoms with Gasteiger partial charge < -0.3 is 19.9 Å². The van der Waals surface area contributed by atoms with Crippen molar-refractivity contribution in [3.05, 3.63) is 36.0 Å². The normalized spacial score (nSPS) is 17.0. The summed E-state index contributed by atoms with van der Waals surface area (Å²) in [5, 5.41) is 14.1. The Hall–Kier alpha value is -2.34. The van der Waals surface area contributed by atoms with Gasteiger partial charge in [-0.25, -0.2) is 0 Å². The third-order valence-corrected chi connectivity index (χ3v) is 5.31. The molecule has 1 amide bonds. The Bertz CT molecular complexity index is 744. The zero-order valence-electron chi connectivity index (χ0n) is 17.2. The van der Waals surface area contributed by atoms with Crippen LogP contribution in [0.5, 0.6) is 11.5 Å². The molecule has 29 heavy (non-hydrogen) atoms. The number of ether oxygens (including phenoxy) is 2. The van der Waals surface area contributed by atoms with Crippen molar-refractivity contribution >= 4 is 11.6 Å². The minimum Gasteiger partial charge on any atom is -0.486 e. The van der Waals surface area contributed by atoms with Crippen molar-refractivity contribution in [3.63, 3.8) is 0 Å². The number of benzene rings is 1. The van der Waals surface area contributed by atoms with E-state index in [4.69, 9.17) is 9.47 Å². The lowest BCUT2D eigenvalue weighted by Gasteiger charge is -2.26. The Morgan fingerprint density at radius 2 is 1.97 bits per heavy atom. The second-order valence-corrected chi connectivity index (χ2v) is 7.67. The van der Waals surface area contributed by atoms with Crippen LogP contribution in [0.4, 0.5) is 0 Å². The number of allylic oxidation sites excluding steroid dienone is 1. The summed E-state index contributed by atoms with van der Waals surface area (Å²) in [4.78, 5) is 16.9. The number of aliphatic hydroxyl groups excluding tert-OH is 1. The number of nitrogens with zero attached hydrogens (tertiary/aromatic N) is 1. The minimum atomic E-state index is -0.849. The molecule has 3 rings (SSSR count). The Balaban J connectivity index is 1.63. The van der Waals surface area contributed by atoms with Crippen molar-refractivity contribution in [2.24, 2.45) is 4.99 Å². The fourth-order valence-corrected chi connectivity index (χ4v) is 3.68. The van der Waals surface area contributed by atoms with Crippen LogP contribution < -0.4 is 14.8 Å². The lowest BCUT2D eigenvalue weighted by molar-refractivity contribution is -0.122. The first kappa shape index (κ1) is 21.4. The maximum Gasteiger partial charge on any atom is 0.220 e. The van der Waals surface area contributed by atoms with Crippen LogP contribution in [0, 0.1) is 0 Å². The summed E-state index contributed by atoms with van der Waals surface area (Å²) >= 11 is 0. The first-order valence-corrected chi connectivity index (χ1v) is 10.7. The molecule has 0 fully saturated rings. The molecule has 0 bridgehead atoms. The van der Waals surface area contributed by atoms with Crippen molar-refractivity contribution in [2.45, 2.75) is 70.4 Å². The molecule has 6 nitrogen and oxygen atoms in total. The van der Waals surface area contributed by atoms with E-state index in [0.29, 0.717) is 43.1 Å². The Kier molecular flexibility index (Phi) is 8.11. The van der Waals surface area contributed by atoms with Crippen molar-refractivity contribution in [1.29, 1.82) is 0 Å². The molecule has 1 aromatic carbocycles. The third kappa shape index (κ3) is 6.32.